The van der Waals surface area contributed by atoms with Crippen molar-refractivity contribution in [2.45, 2.75) is 17.7 Å². The zero-order valence-corrected chi connectivity index (χ0v) is 17.1. The molecular weight excluding hydrogens is 432 g/mol. The van der Waals surface area contributed by atoms with Crippen LogP contribution in [0.5, 0.6) is 5.75 Å². The van der Waals surface area contributed by atoms with Gasteiger partial charge in [0.15, 0.2) is 0 Å². The summed E-state index contributed by atoms with van der Waals surface area (Å²) in [5, 5.41) is 2.79. The van der Waals surface area contributed by atoms with Crippen LogP contribution >= 0.6 is 15.9 Å². The Morgan fingerprint density at radius 3 is 2.41 bits per heavy atom. The molecule has 2 aromatic rings. The molecule has 3 rings (SSSR count). The highest BCUT2D eigenvalue weighted by atomic mass is 79.9. The third-order valence-electron chi connectivity index (χ3n) is 4.30. The Morgan fingerprint density at radius 1 is 1.07 bits per heavy atom. The number of amides is 1. The summed E-state index contributed by atoms with van der Waals surface area (Å²) in [6.07, 6.45) is 1.82. The van der Waals surface area contributed by atoms with E-state index < -0.39 is 10.0 Å². The SMILES string of the molecule is O=C(NCCOc1ccc(S(=O)(=O)N2CCCC2)cc1)c1ccccc1Br. The second kappa shape index (κ2) is 8.86. The molecule has 0 radical (unpaired) electrons. The fourth-order valence-electron chi connectivity index (χ4n) is 2.86. The minimum Gasteiger partial charge on any atom is -0.492 e. The van der Waals surface area contributed by atoms with Gasteiger partial charge in [0, 0.05) is 17.6 Å². The molecule has 0 atom stereocenters. The molecule has 144 valence electrons. The number of nitrogens with one attached hydrogen (secondary N) is 1. The van der Waals surface area contributed by atoms with Crippen LogP contribution in [-0.2, 0) is 10.0 Å². The van der Waals surface area contributed by atoms with E-state index in [1.54, 1.807) is 36.4 Å². The van der Waals surface area contributed by atoms with Crippen LogP contribution in [0.4, 0.5) is 0 Å². The van der Waals surface area contributed by atoms with E-state index in [4.69, 9.17) is 4.74 Å². The minimum atomic E-state index is -3.41. The summed E-state index contributed by atoms with van der Waals surface area (Å²) in [6.45, 7) is 1.79. The Kier molecular flexibility index (Phi) is 6.51. The first-order valence-electron chi connectivity index (χ1n) is 8.74. The monoisotopic (exact) mass is 452 g/mol. The topological polar surface area (TPSA) is 75.7 Å². The lowest BCUT2D eigenvalue weighted by Crippen LogP contribution is -2.28. The third-order valence-corrected chi connectivity index (χ3v) is 6.91. The number of carbonyl (C=O) groups excluding carboxylic acids is 1. The summed E-state index contributed by atoms with van der Waals surface area (Å²) in [5.41, 5.74) is 0.564. The second-order valence-corrected chi connectivity index (χ2v) is 8.96. The van der Waals surface area contributed by atoms with E-state index in [0.717, 1.165) is 17.3 Å². The van der Waals surface area contributed by atoms with Crippen molar-refractivity contribution in [1.29, 1.82) is 0 Å². The summed E-state index contributed by atoms with van der Waals surface area (Å²) in [5.74, 6) is 0.378. The average Bonchev–Trinajstić information content (AvgIpc) is 3.21. The lowest BCUT2D eigenvalue weighted by molar-refractivity contribution is 0.0946. The normalized spacial score (nSPS) is 14.9. The molecule has 0 unspecified atom stereocenters. The van der Waals surface area contributed by atoms with Gasteiger partial charge in [0.1, 0.15) is 12.4 Å². The number of rotatable bonds is 7. The molecule has 0 aliphatic carbocycles. The van der Waals surface area contributed by atoms with Crippen molar-refractivity contribution in [2.24, 2.45) is 0 Å². The van der Waals surface area contributed by atoms with Crippen LogP contribution in [0.2, 0.25) is 0 Å². The smallest absolute Gasteiger partial charge is 0.252 e. The number of nitrogens with zero attached hydrogens (tertiary/aromatic N) is 1. The van der Waals surface area contributed by atoms with Gasteiger partial charge in [-0.3, -0.25) is 4.79 Å². The van der Waals surface area contributed by atoms with Crippen LogP contribution < -0.4 is 10.1 Å². The van der Waals surface area contributed by atoms with E-state index >= 15 is 0 Å². The molecule has 1 heterocycles. The van der Waals surface area contributed by atoms with E-state index in [1.165, 1.54) is 4.31 Å². The zero-order valence-electron chi connectivity index (χ0n) is 14.7. The number of hydrogen-bond acceptors (Lipinski definition) is 4. The molecule has 0 saturated carbocycles. The highest BCUT2D eigenvalue weighted by molar-refractivity contribution is 9.10. The summed E-state index contributed by atoms with van der Waals surface area (Å²) in [7, 11) is -3.41. The van der Waals surface area contributed by atoms with Gasteiger partial charge in [-0.25, -0.2) is 8.42 Å². The minimum absolute atomic E-state index is 0.182. The van der Waals surface area contributed by atoms with Gasteiger partial charge >= 0.3 is 0 Å². The van der Waals surface area contributed by atoms with Crippen molar-refractivity contribution in [1.82, 2.24) is 9.62 Å². The number of sulfonamides is 1. The first-order valence-corrected chi connectivity index (χ1v) is 11.0. The number of benzene rings is 2. The van der Waals surface area contributed by atoms with Gasteiger partial charge in [-0.1, -0.05) is 12.1 Å². The standard InChI is InChI=1S/C19H21BrN2O4S/c20-18-6-2-1-5-17(18)19(23)21-11-14-26-15-7-9-16(10-8-15)27(24,25)22-12-3-4-13-22/h1-2,5-10H,3-4,11-14H2,(H,21,23). The van der Waals surface area contributed by atoms with Crippen LogP contribution in [0.3, 0.4) is 0 Å². The Balaban J connectivity index is 1.49. The van der Waals surface area contributed by atoms with E-state index in [9.17, 15) is 13.2 Å². The van der Waals surface area contributed by atoms with E-state index in [0.29, 0.717) is 30.9 Å². The molecule has 27 heavy (non-hydrogen) atoms. The van der Waals surface area contributed by atoms with Crippen molar-refractivity contribution >= 4 is 31.9 Å². The maximum Gasteiger partial charge on any atom is 0.252 e. The van der Waals surface area contributed by atoms with Gasteiger partial charge in [-0.15, -0.1) is 0 Å². The molecule has 0 aromatic heterocycles. The Bertz CT molecular complexity index is 894. The average molecular weight is 453 g/mol. The summed E-state index contributed by atoms with van der Waals surface area (Å²) >= 11 is 3.34. The van der Waals surface area contributed by atoms with Gasteiger partial charge < -0.3 is 10.1 Å². The molecule has 8 heteroatoms. The largest absolute Gasteiger partial charge is 0.492 e. The zero-order chi connectivity index (χ0) is 19.3. The molecule has 1 saturated heterocycles. The van der Waals surface area contributed by atoms with E-state index in [-0.39, 0.29) is 17.4 Å². The van der Waals surface area contributed by atoms with Gasteiger partial charge in [-0.2, -0.15) is 4.31 Å². The molecule has 1 aliphatic rings. The summed E-state index contributed by atoms with van der Waals surface area (Å²) < 4.78 is 32.8. The highest BCUT2D eigenvalue weighted by Gasteiger charge is 2.26. The first kappa shape index (κ1) is 19.9. The van der Waals surface area contributed by atoms with Crippen molar-refractivity contribution in [3.05, 3.63) is 58.6 Å². The van der Waals surface area contributed by atoms with Gasteiger partial charge in [0.2, 0.25) is 10.0 Å². The van der Waals surface area contributed by atoms with Gasteiger partial charge in [-0.05, 0) is 65.2 Å². The Hall–Kier alpha value is -1.90. The molecule has 0 bridgehead atoms. The molecule has 1 N–H and O–H groups in total. The lowest BCUT2D eigenvalue weighted by Gasteiger charge is -2.15. The lowest BCUT2D eigenvalue weighted by atomic mass is 10.2. The fraction of sp³-hybridized carbons (Fsp3) is 0.316. The number of ether oxygens (including phenoxy) is 1. The van der Waals surface area contributed by atoms with Crippen LogP contribution in [-0.4, -0.2) is 44.9 Å². The summed E-state index contributed by atoms with van der Waals surface area (Å²) in [6, 6.07) is 13.6. The van der Waals surface area contributed by atoms with Crippen LogP contribution in [0.1, 0.15) is 23.2 Å². The van der Waals surface area contributed by atoms with Gasteiger partial charge in [0.25, 0.3) is 5.91 Å². The molecule has 0 spiro atoms. The van der Waals surface area contributed by atoms with E-state index in [2.05, 4.69) is 21.2 Å². The second-order valence-electron chi connectivity index (χ2n) is 6.17. The Morgan fingerprint density at radius 2 is 1.74 bits per heavy atom. The predicted molar refractivity (Wildman–Crippen MR) is 106 cm³/mol. The van der Waals surface area contributed by atoms with E-state index in [1.807, 2.05) is 12.1 Å². The van der Waals surface area contributed by atoms with Crippen molar-refractivity contribution < 1.29 is 17.9 Å². The van der Waals surface area contributed by atoms with Crippen LogP contribution in [0.15, 0.2) is 57.9 Å². The summed E-state index contributed by atoms with van der Waals surface area (Å²) in [4.78, 5) is 12.4. The number of carbonyl (C=O) groups is 1. The molecule has 1 fully saturated rings. The van der Waals surface area contributed by atoms with Crippen molar-refractivity contribution in [3.63, 3.8) is 0 Å². The molecule has 2 aromatic carbocycles. The number of halogens is 1. The third kappa shape index (κ3) is 4.88. The predicted octanol–water partition coefficient (Wildman–Crippen LogP) is 3.04. The fourth-order valence-corrected chi connectivity index (χ4v) is 4.84. The van der Waals surface area contributed by atoms with Gasteiger partial charge in [0.05, 0.1) is 17.0 Å². The first-order chi connectivity index (χ1) is 13.0. The van der Waals surface area contributed by atoms with Crippen molar-refractivity contribution in [3.8, 4) is 5.75 Å². The molecular formula is C19H21BrN2O4S. The van der Waals surface area contributed by atoms with Crippen molar-refractivity contribution in [2.75, 3.05) is 26.2 Å². The maximum atomic E-state index is 12.5. The maximum absolute atomic E-state index is 12.5. The Labute approximate surface area is 167 Å². The number of hydrogen-bond donors (Lipinski definition) is 1. The highest BCUT2D eigenvalue weighted by Crippen LogP contribution is 2.22. The quantitative estimate of drug-likeness (QED) is 0.654. The van der Waals surface area contributed by atoms with Crippen LogP contribution in [0, 0.1) is 0 Å². The molecule has 1 amide bonds. The van der Waals surface area contributed by atoms with Crippen LogP contribution in [0.25, 0.3) is 0 Å². The molecule has 1 aliphatic heterocycles. The molecule has 6 nitrogen and oxygen atoms in total.